The van der Waals surface area contributed by atoms with Gasteiger partial charge in [0.15, 0.2) is 0 Å². The second-order valence-corrected chi connectivity index (χ2v) is 7.45. The molecule has 5 rings (SSSR count). The molecule has 1 amide bonds. The Balaban J connectivity index is 1.17. The fourth-order valence-electron chi connectivity index (χ4n) is 3.22. The number of amides is 1. The topological polar surface area (TPSA) is 99.6 Å². The number of thioether (sulfide) groups is 1. The van der Waals surface area contributed by atoms with Crippen LogP contribution in [-0.4, -0.2) is 63.7 Å². The van der Waals surface area contributed by atoms with E-state index in [9.17, 15) is 4.79 Å². The van der Waals surface area contributed by atoms with Crippen molar-refractivity contribution < 1.29 is 4.79 Å². The predicted octanol–water partition coefficient (Wildman–Crippen LogP) is -0.0553. The largest absolute Gasteiger partial charge is 0.337 e. The van der Waals surface area contributed by atoms with Crippen LogP contribution in [-0.2, 0) is 29.4 Å². The molecule has 5 heterocycles. The van der Waals surface area contributed by atoms with Gasteiger partial charge in [0.1, 0.15) is 18.8 Å². The Hall–Kier alpha value is -2.69. The third-order valence-corrected chi connectivity index (χ3v) is 5.73. The molecule has 0 spiro atoms. The summed E-state index contributed by atoms with van der Waals surface area (Å²) in [6, 6.07) is 0.171. The van der Waals surface area contributed by atoms with Crippen molar-refractivity contribution in [1.29, 1.82) is 0 Å². The summed E-state index contributed by atoms with van der Waals surface area (Å²) in [6.45, 7) is 2.11. The summed E-state index contributed by atoms with van der Waals surface area (Å²) in [7, 11) is 0. The quantitative estimate of drug-likeness (QED) is 0.620. The van der Waals surface area contributed by atoms with Gasteiger partial charge in [-0.3, -0.25) is 9.48 Å². The van der Waals surface area contributed by atoms with E-state index >= 15 is 0 Å². The van der Waals surface area contributed by atoms with Crippen molar-refractivity contribution >= 4 is 17.7 Å². The zero-order chi connectivity index (χ0) is 17.5. The first-order valence-corrected chi connectivity index (χ1v) is 9.55. The molecule has 0 bridgehead atoms. The molecule has 1 saturated heterocycles. The van der Waals surface area contributed by atoms with Crippen molar-refractivity contribution in [3.63, 3.8) is 0 Å². The molecule has 0 aliphatic carbocycles. The molecule has 0 radical (unpaired) electrons. The minimum absolute atomic E-state index is 0.102. The zero-order valence-corrected chi connectivity index (χ0v) is 14.8. The van der Waals surface area contributed by atoms with Gasteiger partial charge in [0.05, 0.1) is 36.5 Å². The molecule has 0 atom stereocenters. The number of nitrogens with zero attached hydrogens (tertiary/aromatic N) is 9. The average Bonchev–Trinajstić information content (AvgIpc) is 3.33. The summed E-state index contributed by atoms with van der Waals surface area (Å²) in [5, 5.41) is 20.8. The first kappa shape index (κ1) is 15.6. The lowest BCUT2D eigenvalue weighted by molar-refractivity contribution is -0.138. The Kier molecular flexibility index (Phi) is 3.73. The van der Waals surface area contributed by atoms with Crippen molar-refractivity contribution in [1.82, 2.24) is 44.7 Å². The van der Waals surface area contributed by atoms with Gasteiger partial charge in [0.25, 0.3) is 0 Å². The lowest BCUT2D eigenvalue weighted by Crippen LogP contribution is -2.52. The Morgan fingerprint density at radius 3 is 2.88 bits per heavy atom. The van der Waals surface area contributed by atoms with Crippen LogP contribution in [0.5, 0.6) is 0 Å². The van der Waals surface area contributed by atoms with E-state index in [-0.39, 0.29) is 11.9 Å². The predicted molar refractivity (Wildman–Crippen MR) is 92.0 cm³/mol. The normalized spacial score (nSPS) is 16.7. The van der Waals surface area contributed by atoms with Crippen molar-refractivity contribution in [2.75, 3.05) is 13.1 Å². The van der Waals surface area contributed by atoms with Crippen molar-refractivity contribution in [2.45, 2.75) is 30.6 Å². The maximum absolute atomic E-state index is 12.5. The molecule has 2 aliphatic rings. The smallest absolute Gasteiger partial charge is 0.244 e. The third kappa shape index (κ3) is 2.77. The molecule has 3 aromatic rings. The van der Waals surface area contributed by atoms with E-state index < -0.39 is 0 Å². The number of carbonyl (C=O) groups is 1. The lowest BCUT2D eigenvalue weighted by Gasteiger charge is -2.38. The fourth-order valence-corrected chi connectivity index (χ4v) is 4.31. The van der Waals surface area contributed by atoms with Crippen LogP contribution in [0.3, 0.4) is 0 Å². The van der Waals surface area contributed by atoms with Gasteiger partial charge in [0.2, 0.25) is 5.91 Å². The fraction of sp³-hybridized carbons (Fsp3) is 0.467. The summed E-state index contributed by atoms with van der Waals surface area (Å²) in [6.07, 6.45) is 7.04. The highest BCUT2D eigenvalue weighted by molar-refractivity contribution is 7.98. The minimum atomic E-state index is 0.102. The summed E-state index contributed by atoms with van der Waals surface area (Å²) in [4.78, 5) is 15.9. The van der Waals surface area contributed by atoms with E-state index in [1.165, 1.54) is 11.3 Å². The summed E-state index contributed by atoms with van der Waals surface area (Å²) in [5.74, 6) is 2.04. The van der Waals surface area contributed by atoms with Crippen LogP contribution >= 0.6 is 11.8 Å². The highest BCUT2D eigenvalue weighted by Crippen LogP contribution is 2.29. The SMILES string of the molecule is O=C(Cn1ncc2c1CSC2)N1CC(n2cc(Cn3nccn3)nn2)C1. The molecule has 0 aromatic carbocycles. The third-order valence-electron chi connectivity index (χ3n) is 4.73. The van der Waals surface area contributed by atoms with E-state index in [1.807, 2.05) is 38.4 Å². The standard InChI is InChI=1S/C15H17N9OS/c25-15(8-23-14-10-26-9-11(14)3-18-23)21-6-13(7-21)22-4-12(19-20-22)5-24-16-1-2-17-24/h1-4,13H,5-10H2. The van der Waals surface area contributed by atoms with Gasteiger partial charge in [-0.1, -0.05) is 5.21 Å². The number of hydrogen-bond acceptors (Lipinski definition) is 7. The Labute approximate surface area is 153 Å². The number of hydrogen-bond donors (Lipinski definition) is 0. The summed E-state index contributed by atoms with van der Waals surface area (Å²) >= 11 is 1.87. The highest BCUT2D eigenvalue weighted by Gasteiger charge is 2.33. The molecular weight excluding hydrogens is 354 g/mol. The molecule has 1 fully saturated rings. The van der Waals surface area contributed by atoms with E-state index in [0.29, 0.717) is 26.2 Å². The van der Waals surface area contributed by atoms with Crippen LogP contribution in [0.1, 0.15) is 23.0 Å². The molecule has 26 heavy (non-hydrogen) atoms. The molecule has 11 heteroatoms. The number of aromatic nitrogens is 8. The molecule has 0 unspecified atom stereocenters. The maximum atomic E-state index is 12.5. The van der Waals surface area contributed by atoms with Crippen molar-refractivity contribution in [3.05, 3.63) is 41.7 Å². The minimum Gasteiger partial charge on any atom is -0.337 e. The van der Waals surface area contributed by atoms with Gasteiger partial charge in [-0.05, 0) is 0 Å². The Morgan fingerprint density at radius 2 is 2.04 bits per heavy atom. The Bertz CT molecular complexity index is 925. The van der Waals surface area contributed by atoms with E-state index in [4.69, 9.17) is 0 Å². The molecular formula is C15H17N9OS. The molecule has 0 saturated carbocycles. The van der Waals surface area contributed by atoms with Crippen LogP contribution in [0.25, 0.3) is 0 Å². The van der Waals surface area contributed by atoms with Crippen LogP contribution in [0, 0.1) is 0 Å². The maximum Gasteiger partial charge on any atom is 0.244 e. The van der Waals surface area contributed by atoms with Gasteiger partial charge in [0, 0.05) is 30.2 Å². The number of rotatable bonds is 5. The molecule has 2 aliphatic heterocycles. The van der Waals surface area contributed by atoms with Gasteiger partial charge in [-0.2, -0.15) is 31.9 Å². The number of likely N-dealkylation sites (tertiary alicyclic amines) is 1. The van der Waals surface area contributed by atoms with Gasteiger partial charge in [-0.25, -0.2) is 4.68 Å². The van der Waals surface area contributed by atoms with E-state index in [0.717, 1.165) is 17.2 Å². The van der Waals surface area contributed by atoms with Crippen LogP contribution in [0.2, 0.25) is 0 Å². The summed E-state index contributed by atoms with van der Waals surface area (Å²) in [5.41, 5.74) is 3.25. The Morgan fingerprint density at radius 1 is 1.19 bits per heavy atom. The number of fused-ring (bicyclic) bond motifs is 1. The lowest BCUT2D eigenvalue weighted by atomic mass is 10.1. The summed E-state index contributed by atoms with van der Waals surface area (Å²) < 4.78 is 3.67. The molecule has 134 valence electrons. The van der Waals surface area contributed by atoms with Crippen LogP contribution < -0.4 is 0 Å². The second-order valence-electron chi connectivity index (χ2n) is 6.47. The molecule has 10 nitrogen and oxygen atoms in total. The highest BCUT2D eigenvalue weighted by atomic mass is 32.2. The van der Waals surface area contributed by atoms with Gasteiger partial charge >= 0.3 is 0 Å². The molecule has 3 aromatic heterocycles. The first-order valence-electron chi connectivity index (χ1n) is 8.40. The zero-order valence-electron chi connectivity index (χ0n) is 14.0. The average molecular weight is 371 g/mol. The van der Waals surface area contributed by atoms with Crippen molar-refractivity contribution in [2.24, 2.45) is 0 Å². The van der Waals surface area contributed by atoms with Gasteiger partial charge in [-0.15, -0.1) is 5.10 Å². The van der Waals surface area contributed by atoms with E-state index in [1.54, 1.807) is 17.2 Å². The van der Waals surface area contributed by atoms with Crippen LogP contribution in [0.15, 0.2) is 24.8 Å². The monoisotopic (exact) mass is 371 g/mol. The number of carbonyl (C=O) groups excluding carboxylic acids is 1. The van der Waals surface area contributed by atoms with Crippen LogP contribution in [0.4, 0.5) is 0 Å². The van der Waals surface area contributed by atoms with Crippen molar-refractivity contribution in [3.8, 4) is 0 Å². The van der Waals surface area contributed by atoms with E-state index in [2.05, 4.69) is 25.6 Å². The molecule has 0 N–H and O–H groups in total. The first-order chi connectivity index (χ1) is 12.8. The van der Waals surface area contributed by atoms with Gasteiger partial charge < -0.3 is 4.90 Å². The second kappa shape index (κ2) is 6.24.